The van der Waals surface area contributed by atoms with Crippen molar-refractivity contribution < 1.29 is 9.59 Å². The third-order valence-corrected chi connectivity index (χ3v) is 4.86. The Balaban J connectivity index is 1.82. The van der Waals surface area contributed by atoms with Crippen molar-refractivity contribution >= 4 is 51.8 Å². The van der Waals surface area contributed by atoms with Crippen LogP contribution < -0.4 is 10.2 Å². The third kappa shape index (κ3) is 2.94. The van der Waals surface area contributed by atoms with Crippen LogP contribution in [0.4, 0.5) is 5.69 Å². The average molecular weight is 375 g/mol. The molecular formula is C21H17N3O2S. The maximum Gasteiger partial charge on any atom is 0.270 e. The van der Waals surface area contributed by atoms with E-state index in [0.717, 1.165) is 23.0 Å². The summed E-state index contributed by atoms with van der Waals surface area (Å²) >= 11 is 5.22. The molecule has 3 aromatic rings. The monoisotopic (exact) mass is 375 g/mol. The Kier molecular flexibility index (Phi) is 4.33. The van der Waals surface area contributed by atoms with Crippen LogP contribution in [0.1, 0.15) is 12.5 Å². The summed E-state index contributed by atoms with van der Waals surface area (Å²) < 4.78 is 2.09. The first kappa shape index (κ1) is 17.2. The maximum atomic E-state index is 13.1. The van der Waals surface area contributed by atoms with E-state index < -0.39 is 11.8 Å². The molecule has 0 aliphatic carbocycles. The number of rotatable bonds is 3. The molecule has 2 heterocycles. The number of anilines is 1. The first-order valence-electron chi connectivity index (χ1n) is 8.64. The maximum absolute atomic E-state index is 13.1. The Morgan fingerprint density at radius 2 is 1.74 bits per heavy atom. The third-order valence-electron chi connectivity index (χ3n) is 4.58. The predicted molar refractivity (Wildman–Crippen MR) is 110 cm³/mol. The van der Waals surface area contributed by atoms with Crippen molar-refractivity contribution in [3.63, 3.8) is 0 Å². The van der Waals surface area contributed by atoms with Gasteiger partial charge in [-0.15, -0.1) is 0 Å². The second-order valence-electron chi connectivity index (χ2n) is 6.18. The highest BCUT2D eigenvalue weighted by molar-refractivity contribution is 7.80. The van der Waals surface area contributed by atoms with E-state index in [1.54, 1.807) is 18.2 Å². The predicted octanol–water partition coefficient (Wildman–Crippen LogP) is 3.49. The van der Waals surface area contributed by atoms with Crippen LogP contribution in [0.3, 0.4) is 0 Å². The molecule has 1 aliphatic heterocycles. The zero-order valence-corrected chi connectivity index (χ0v) is 15.5. The minimum Gasteiger partial charge on any atom is -0.347 e. The van der Waals surface area contributed by atoms with Crippen molar-refractivity contribution in [2.24, 2.45) is 0 Å². The van der Waals surface area contributed by atoms with Crippen LogP contribution in [0.25, 0.3) is 17.0 Å². The molecule has 1 N–H and O–H groups in total. The fourth-order valence-electron chi connectivity index (χ4n) is 3.28. The molecule has 0 spiro atoms. The molecule has 27 heavy (non-hydrogen) atoms. The number of benzene rings is 2. The average Bonchev–Trinajstić information content (AvgIpc) is 3.04. The van der Waals surface area contributed by atoms with Gasteiger partial charge in [0.2, 0.25) is 0 Å². The second kappa shape index (κ2) is 6.81. The molecule has 1 aromatic heterocycles. The Labute approximate surface area is 161 Å². The van der Waals surface area contributed by atoms with Crippen molar-refractivity contribution in [2.75, 3.05) is 4.90 Å². The largest absolute Gasteiger partial charge is 0.347 e. The molecule has 2 amide bonds. The van der Waals surface area contributed by atoms with E-state index in [2.05, 4.69) is 16.8 Å². The quantitative estimate of drug-likeness (QED) is 0.433. The van der Waals surface area contributed by atoms with Crippen LogP contribution in [0, 0.1) is 0 Å². The number of aromatic nitrogens is 1. The summed E-state index contributed by atoms with van der Waals surface area (Å²) in [7, 11) is 0. The van der Waals surface area contributed by atoms with Gasteiger partial charge in [0.05, 0.1) is 5.69 Å². The number of hydrogen-bond donors (Lipinski definition) is 1. The van der Waals surface area contributed by atoms with Crippen molar-refractivity contribution in [1.82, 2.24) is 9.88 Å². The molecule has 0 unspecified atom stereocenters. The number of thiocarbonyl (C=S) groups is 1. The number of hydrogen-bond acceptors (Lipinski definition) is 3. The molecule has 1 aliphatic rings. The SMILES string of the molecule is CCn1cc(/C=C2/C(=O)NC(=S)N(c3ccccc3)C2=O)c2ccccc21. The number of amides is 2. The zero-order valence-electron chi connectivity index (χ0n) is 14.7. The number of aryl methyl sites for hydroxylation is 1. The van der Waals surface area contributed by atoms with Gasteiger partial charge < -0.3 is 4.57 Å². The van der Waals surface area contributed by atoms with Gasteiger partial charge in [-0.25, -0.2) is 0 Å². The topological polar surface area (TPSA) is 54.3 Å². The summed E-state index contributed by atoms with van der Waals surface area (Å²) in [5, 5.41) is 3.70. The molecule has 6 heteroatoms. The van der Waals surface area contributed by atoms with Crippen LogP contribution in [-0.2, 0) is 16.1 Å². The van der Waals surface area contributed by atoms with Gasteiger partial charge in [0.15, 0.2) is 5.11 Å². The van der Waals surface area contributed by atoms with Crippen molar-refractivity contribution in [3.05, 3.63) is 71.9 Å². The molecule has 2 aromatic carbocycles. The second-order valence-corrected chi connectivity index (χ2v) is 6.57. The lowest BCUT2D eigenvalue weighted by Crippen LogP contribution is -2.54. The van der Waals surface area contributed by atoms with Gasteiger partial charge in [-0.1, -0.05) is 36.4 Å². The molecule has 134 valence electrons. The highest BCUT2D eigenvalue weighted by Crippen LogP contribution is 2.26. The van der Waals surface area contributed by atoms with Crippen molar-refractivity contribution in [2.45, 2.75) is 13.5 Å². The lowest BCUT2D eigenvalue weighted by atomic mass is 10.1. The molecule has 0 saturated carbocycles. The van der Waals surface area contributed by atoms with Gasteiger partial charge in [0.25, 0.3) is 11.8 Å². The standard InChI is InChI=1S/C21H17N3O2S/c1-2-23-13-14(16-10-6-7-11-18(16)23)12-17-19(25)22-21(27)24(20(17)26)15-8-4-3-5-9-15/h3-13H,2H2,1H3,(H,22,25,27)/b17-12-. The van der Waals surface area contributed by atoms with E-state index in [0.29, 0.717) is 5.69 Å². The number of carbonyl (C=O) groups is 2. The van der Waals surface area contributed by atoms with Crippen LogP contribution in [0.2, 0.25) is 0 Å². The highest BCUT2D eigenvalue weighted by Gasteiger charge is 2.34. The van der Waals surface area contributed by atoms with Crippen LogP contribution >= 0.6 is 12.2 Å². The van der Waals surface area contributed by atoms with Crippen LogP contribution in [-0.4, -0.2) is 21.5 Å². The highest BCUT2D eigenvalue weighted by atomic mass is 32.1. The Hall–Kier alpha value is -3.25. The molecule has 1 fully saturated rings. The Bertz CT molecular complexity index is 1100. The van der Waals surface area contributed by atoms with E-state index in [1.165, 1.54) is 4.90 Å². The minimum atomic E-state index is -0.481. The van der Waals surface area contributed by atoms with Crippen LogP contribution in [0.5, 0.6) is 0 Å². The fourth-order valence-corrected chi connectivity index (χ4v) is 3.56. The van der Waals surface area contributed by atoms with Crippen molar-refractivity contribution in [3.8, 4) is 0 Å². The summed E-state index contributed by atoms with van der Waals surface area (Å²) in [5.41, 5.74) is 2.57. The number of nitrogens with one attached hydrogen (secondary N) is 1. The normalized spacial score (nSPS) is 16.3. The molecule has 5 nitrogen and oxygen atoms in total. The number of para-hydroxylation sites is 2. The van der Waals surface area contributed by atoms with Gasteiger partial charge in [0, 0.05) is 29.2 Å². The van der Waals surface area contributed by atoms with E-state index in [4.69, 9.17) is 12.2 Å². The molecule has 1 saturated heterocycles. The zero-order chi connectivity index (χ0) is 19.0. The molecular weight excluding hydrogens is 358 g/mol. The molecule has 4 rings (SSSR count). The van der Waals surface area contributed by atoms with Gasteiger partial charge in [-0.05, 0) is 43.4 Å². The number of carbonyl (C=O) groups excluding carboxylic acids is 2. The summed E-state index contributed by atoms with van der Waals surface area (Å²) in [6, 6.07) is 17.0. The first-order chi connectivity index (χ1) is 13.1. The Morgan fingerprint density at radius 3 is 2.48 bits per heavy atom. The van der Waals surface area contributed by atoms with Gasteiger partial charge in [-0.2, -0.15) is 0 Å². The smallest absolute Gasteiger partial charge is 0.270 e. The first-order valence-corrected chi connectivity index (χ1v) is 9.05. The summed E-state index contributed by atoms with van der Waals surface area (Å²) in [6.45, 7) is 2.85. The van der Waals surface area contributed by atoms with E-state index in [-0.39, 0.29) is 10.7 Å². The van der Waals surface area contributed by atoms with Gasteiger partial charge in [-0.3, -0.25) is 19.8 Å². The van der Waals surface area contributed by atoms with Gasteiger partial charge >= 0.3 is 0 Å². The summed E-state index contributed by atoms with van der Waals surface area (Å²) in [6.07, 6.45) is 3.60. The molecule has 0 bridgehead atoms. The van der Waals surface area contributed by atoms with E-state index >= 15 is 0 Å². The fraction of sp³-hybridized carbons (Fsp3) is 0.0952. The van der Waals surface area contributed by atoms with Crippen molar-refractivity contribution in [1.29, 1.82) is 0 Å². The summed E-state index contributed by atoms with van der Waals surface area (Å²) in [4.78, 5) is 26.9. The number of nitrogens with zero attached hydrogens (tertiary/aromatic N) is 2. The Morgan fingerprint density at radius 1 is 1.04 bits per heavy atom. The van der Waals surface area contributed by atoms with E-state index in [9.17, 15) is 9.59 Å². The van der Waals surface area contributed by atoms with Crippen LogP contribution in [0.15, 0.2) is 66.4 Å². The van der Waals surface area contributed by atoms with E-state index in [1.807, 2.05) is 48.7 Å². The minimum absolute atomic E-state index is 0.0615. The lowest BCUT2D eigenvalue weighted by Gasteiger charge is -2.28. The lowest BCUT2D eigenvalue weighted by molar-refractivity contribution is -0.122. The number of fused-ring (bicyclic) bond motifs is 1. The van der Waals surface area contributed by atoms with Gasteiger partial charge in [0.1, 0.15) is 5.57 Å². The molecule has 0 radical (unpaired) electrons. The molecule has 0 atom stereocenters. The summed E-state index contributed by atoms with van der Waals surface area (Å²) in [5.74, 6) is -0.909.